The van der Waals surface area contributed by atoms with Gasteiger partial charge in [0.05, 0.1) is 6.10 Å². The number of halogens is 1. The normalized spacial score (nSPS) is 12.5. The number of benzene rings is 1. The van der Waals surface area contributed by atoms with Gasteiger partial charge in [-0.05, 0) is 31.5 Å². The van der Waals surface area contributed by atoms with Crippen LogP contribution < -0.4 is 0 Å². The molecule has 0 saturated heterocycles. The Balaban J connectivity index is 2.09. The van der Waals surface area contributed by atoms with Crippen LogP contribution in [0.2, 0.25) is 5.02 Å². The molecule has 25 heavy (non-hydrogen) atoms. The number of hydrogen-bond donors (Lipinski definition) is 0. The van der Waals surface area contributed by atoms with Gasteiger partial charge in [-0.2, -0.15) is 10.2 Å². The Morgan fingerprint density at radius 1 is 1.04 bits per heavy atom. The van der Waals surface area contributed by atoms with E-state index in [0.717, 1.165) is 5.56 Å². The summed E-state index contributed by atoms with van der Waals surface area (Å²) in [5.41, 5.74) is 0.728. The second-order valence-corrected chi connectivity index (χ2v) is 6.12. The lowest BCUT2D eigenvalue weighted by Crippen LogP contribution is -2.33. The standard InChI is InChI=1S/C16H17ClN6O2/c1-11(2)25-16(24)14(12-3-5-13(17)6-4-12)15(22-9-18-7-20-22)23-10-19-8-21-23/h3-11,14-15H,1-2H3. The number of carbonyl (C=O) groups excluding carboxylic acids is 1. The summed E-state index contributed by atoms with van der Waals surface area (Å²) in [5.74, 6) is -1.10. The summed E-state index contributed by atoms with van der Waals surface area (Å²) in [6.45, 7) is 3.60. The van der Waals surface area contributed by atoms with Gasteiger partial charge >= 0.3 is 5.97 Å². The van der Waals surface area contributed by atoms with Crippen molar-refractivity contribution < 1.29 is 9.53 Å². The Morgan fingerprint density at radius 2 is 1.60 bits per heavy atom. The van der Waals surface area contributed by atoms with Crippen molar-refractivity contribution >= 4 is 17.6 Å². The molecule has 0 aliphatic heterocycles. The second-order valence-electron chi connectivity index (χ2n) is 5.68. The topological polar surface area (TPSA) is 87.7 Å². The molecule has 1 aromatic carbocycles. The Morgan fingerprint density at radius 3 is 2.04 bits per heavy atom. The van der Waals surface area contributed by atoms with E-state index in [0.29, 0.717) is 5.02 Å². The lowest BCUT2D eigenvalue weighted by atomic mass is 9.96. The first kappa shape index (κ1) is 17.1. The van der Waals surface area contributed by atoms with E-state index in [2.05, 4.69) is 20.2 Å². The van der Waals surface area contributed by atoms with E-state index < -0.39 is 18.1 Å². The molecule has 9 heteroatoms. The summed E-state index contributed by atoms with van der Waals surface area (Å²) in [6, 6.07) is 7.03. The van der Waals surface area contributed by atoms with Crippen molar-refractivity contribution in [2.45, 2.75) is 32.0 Å². The highest BCUT2D eigenvalue weighted by molar-refractivity contribution is 6.30. The third-order valence-corrected chi connectivity index (χ3v) is 3.80. The van der Waals surface area contributed by atoms with Crippen molar-refractivity contribution in [1.29, 1.82) is 0 Å². The van der Waals surface area contributed by atoms with Crippen LogP contribution in [-0.2, 0) is 9.53 Å². The monoisotopic (exact) mass is 360 g/mol. The van der Waals surface area contributed by atoms with Gasteiger partial charge in [0.25, 0.3) is 0 Å². The predicted molar refractivity (Wildman–Crippen MR) is 89.9 cm³/mol. The van der Waals surface area contributed by atoms with Gasteiger partial charge in [-0.15, -0.1) is 0 Å². The average molecular weight is 361 g/mol. The molecule has 3 rings (SSSR count). The SMILES string of the molecule is CC(C)OC(=O)C(c1ccc(Cl)cc1)C(n1cncn1)n1cncn1. The maximum absolute atomic E-state index is 12.9. The molecule has 0 radical (unpaired) electrons. The van der Waals surface area contributed by atoms with Crippen LogP contribution in [0, 0.1) is 0 Å². The number of aromatic nitrogens is 6. The first-order chi connectivity index (χ1) is 12.1. The zero-order valence-corrected chi connectivity index (χ0v) is 14.5. The highest BCUT2D eigenvalue weighted by Crippen LogP contribution is 2.31. The van der Waals surface area contributed by atoms with Gasteiger partial charge < -0.3 is 4.74 Å². The smallest absolute Gasteiger partial charge is 0.317 e. The third-order valence-electron chi connectivity index (χ3n) is 3.55. The maximum atomic E-state index is 12.9. The molecule has 0 fully saturated rings. The molecule has 8 nitrogen and oxygen atoms in total. The molecule has 0 saturated carbocycles. The summed E-state index contributed by atoms with van der Waals surface area (Å²) < 4.78 is 8.58. The van der Waals surface area contributed by atoms with Crippen LogP contribution in [0.1, 0.15) is 31.5 Å². The fourth-order valence-corrected chi connectivity index (χ4v) is 2.67. The van der Waals surface area contributed by atoms with E-state index in [1.54, 1.807) is 47.5 Å². The molecule has 130 valence electrons. The van der Waals surface area contributed by atoms with Gasteiger partial charge in [-0.25, -0.2) is 19.3 Å². The van der Waals surface area contributed by atoms with Crippen LogP contribution in [0.15, 0.2) is 49.6 Å². The van der Waals surface area contributed by atoms with Gasteiger partial charge in [0.15, 0.2) is 6.17 Å². The van der Waals surface area contributed by atoms with Crippen LogP contribution in [0.4, 0.5) is 0 Å². The van der Waals surface area contributed by atoms with Crippen LogP contribution >= 0.6 is 11.6 Å². The molecular weight excluding hydrogens is 344 g/mol. The van der Waals surface area contributed by atoms with Crippen molar-refractivity contribution in [2.75, 3.05) is 0 Å². The summed E-state index contributed by atoms with van der Waals surface area (Å²) in [5, 5.41) is 8.94. The van der Waals surface area contributed by atoms with Gasteiger partial charge in [0, 0.05) is 5.02 Å². The lowest BCUT2D eigenvalue weighted by Gasteiger charge is -2.26. The van der Waals surface area contributed by atoms with Crippen molar-refractivity contribution in [3.05, 3.63) is 60.2 Å². The Hall–Kier alpha value is -2.74. The van der Waals surface area contributed by atoms with Crippen molar-refractivity contribution in [2.24, 2.45) is 0 Å². The van der Waals surface area contributed by atoms with E-state index in [4.69, 9.17) is 16.3 Å². The van der Waals surface area contributed by atoms with E-state index in [9.17, 15) is 4.79 Å². The first-order valence-corrected chi connectivity index (χ1v) is 8.08. The molecule has 1 atom stereocenters. The number of carbonyl (C=O) groups is 1. The Kier molecular flexibility index (Phi) is 5.08. The van der Waals surface area contributed by atoms with E-state index in [1.807, 2.05) is 0 Å². The molecule has 0 aliphatic carbocycles. The number of rotatable bonds is 6. The fraction of sp³-hybridized carbons (Fsp3) is 0.312. The molecular formula is C16H17ClN6O2. The van der Waals surface area contributed by atoms with Crippen LogP contribution in [0.3, 0.4) is 0 Å². The first-order valence-electron chi connectivity index (χ1n) is 7.70. The molecule has 0 bridgehead atoms. The van der Waals surface area contributed by atoms with Gasteiger partial charge in [-0.1, -0.05) is 23.7 Å². The number of hydrogen-bond acceptors (Lipinski definition) is 6. The average Bonchev–Trinajstić information content (AvgIpc) is 3.27. The van der Waals surface area contributed by atoms with Crippen LogP contribution in [0.5, 0.6) is 0 Å². The fourth-order valence-electron chi connectivity index (χ4n) is 2.54. The minimum atomic E-state index is -0.705. The van der Waals surface area contributed by atoms with E-state index in [-0.39, 0.29) is 6.10 Å². The highest BCUT2D eigenvalue weighted by Gasteiger charge is 2.35. The van der Waals surface area contributed by atoms with Crippen molar-refractivity contribution in [3.8, 4) is 0 Å². The van der Waals surface area contributed by atoms with Crippen LogP contribution in [0.25, 0.3) is 0 Å². The number of esters is 1. The van der Waals surface area contributed by atoms with E-state index >= 15 is 0 Å². The third kappa shape index (κ3) is 3.85. The Labute approximate surface area is 149 Å². The summed E-state index contributed by atoms with van der Waals surface area (Å²) in [6.07, 6.45) is 4.98. The highest BCUT2D eigenvalue weighted by atomic mass is 35.5. The zero-order chi connectivity index (χ0) is 17.8. The molecule has 0 aliphatic rings. The predicted octanol–water partition coefficient (Wildman–Crippen LogP) is 2.31. The maximum Gasteiger partial charge on any atom is 0.317 e. The quantitative estimate of drug-likeness (QED) is 0.627. The van der Waals surface area contributed by atoms with Gasteiger partial charge in [-0.3, -0.25) is 4.79 Å². The minimum Gasteiger partial charge on any atom is -0.462 e. The Bertz CT molecular complexity index is 768. The van der Waals surface area contributed by atoms with E-state index in [1.165, 1.54) is 25.3 Å². The minimum absolute atomic E-state index is 0.255. The summed E-state index contributed by atoms with van der Waals surface area (Å²) in [7, 11) is 0. The molecule has 2 heterocycles. The van der Waals surface area contributed by atoms with Gasteiger partial charge in [0.2, 0.25) is 0 Å². The van der Waals surface area contributed by atoms with Crippen LogP contribution in [-0.4, -0.2) is 41.6 Å². The second kappa shape index (κ2) is 7.43. The number of ether oxygens (including phenoxy) is 1. The molecule has 0 N–H and O–H groups in total. The molecule has 1 unspecified atom stereocenters. The molecule has 0 spiro atoms. The van der Waals surface area contributed by atoms with Gasteiger partial charge in [0.1, 0.15) is 31.2 Å². The molecule has 0 amide bonds. The van der Waals surface area contributed by atoms with Crippen molar-refractivity contribution in [1.82, 2.24) is 29.5 Å². The lowest BCUT2D eigenvalue weighted by molar-refractivity contribution is -0.151. The molecule has 3 aromatic rings. The summed E-state index contributed by atoms with van der Waals surface area (Å²) >= 11 is 5.99. The summed E-state index contributed by atoms with van der Waals surface area (Å²) in [4.78, 5) is 20.9. The largest absolute Gasteiger partial charge is 0.462 e. The van der Waals surface area contributed by atoms with Crippen molar-refractivity contribution in [3.63, 3.8) is 0 Å². The molecule has 2 aromatic heterocycles. The zero-order valence-electron chi connectivity index (χ0n) is 13.7. The number of nitrogens with zero attached hydrogens (tertiary/aromatic N) is 6.